The molecule has 1 heteroatoms. The fraction of sp³-hybridized carbons (Fsp3) is 1.00. The smallest absolute Gasteiger partial charge is 0.0543 e. The zero-order chi connectivity index (χ0) is 14.0. The standard InChI is InChI=1S/C19H32O/c1-18-9-3-4-16(18)15-6-5-13-12-14(20)7-11-19(13,2)17(15)8-10-18/h13-17,20H,3-12H2,1-2H3/t13-,14-,15+,16+,17-,18+,19+/m1/s1. The quantitative estimate of drug-likeness (QED) is 0.675. The van der Waals surface area contributed by atoms with E-state index in [1.54, 1.807) is 0 Å². The second kappa shape index (κ2) is 4.48. The van der Waals surface area contributed by atoms with Gasteiger partial charge >= 0.3 is 0 Å². The molecule has 4 rings (SSSR count). The van der Waals surface area contributed by atoms with Crippen LogP contribution in [0.4, 0.5) is 0 Å². The maximum atomic E-state index is 10.0. The van der Waals surface area contributed by atoms with Gasteiger partial charge in [0, 0.05) is 0 Å². The largest absolute Gasteiger partial charge is 0.393 e. The predicted molar refractivity (Wildman–Crippen MR) is 82.4 cm³/mol. The van der Waals surface area contributed by atoms with Crippen LogP contribution in [0.25, 0.3) is 0 Å². The van der Waals surface area contributed by atoms with Crippen LogP contribution >= 0.6 is 0 Å². The third-order valence-electron chi connectivity index (χ3n) is 8.42. The van der Waals surface area contributed by atoms with Crippen molar-refractivity contribution in [1.29, 1.82) is 0 Å². The Hall–Kier alpha value is -0.0400. The summed E-state index contributed by atoms with van der Waals surface area (Å²) in [5.41, 5.74) is 1.25. The summed E-state index contributed by atoms with van der Waals surface area (Å²) >= 11 is 0. The highest BCUT2D eigenvalue weighted by Gasteiger charge is 2.57. The molecule has 4 aliphatic rings. The fourth-order valence-electron chi connectivity index (χ4n) is 7.23. The van der Waals surface area contributed by atoms with Crippen LogP contribution in [-0.2, 0) is 0 Å². The molecule has 0 unspecified atom stereocenters. The molecule has 0 saturated heterocycles. The molecule has 114 valence electrons. The second-order valence-corrected chi connectivity index (χ2v) is 9.17. The molecule has 0 aromatic carbocycles. The Morgan fingerprint density at radius 2 is 1.70 bits per heavy atom. The van der Waals surface area contributed by atoms with E-state index in [-0.39, 0.29) is 6.10 Å². The molecular weight excluding hydrogens is 244 g/mol. The number of rotatable bonds is 0. The van der Waals surface area contributed by atoms with Crippen LogP contribution in [0.3, 0.4) is 0 Å². The molecule has 0 spiro atoms. The van der Waals surface area contributed by atoms with Crippen molar-refractivity contribution in [2.24, 2.45) is 34.5 Å². The van der Waals surface area contributed by atoms with Gasteiger partial charge in [-0.3, -0.25) is 0 Å². The van der Waals surface area contributed by atoms with Crippen molar-refractivity contribution in [3.63, 3.8) is 0 Å². The van der Waals surface area contributed by atoms with E-state index < -0.39 is 0 Å². The van der Waals surface area contributed by atoms with Gasteiger partial charge in [0.2, 0.25) is 0 Å². The van der Waals surface area contributed by atoms with E-state index >= 15 is 0 Å². The van der Waals surface area contributed by atoms with Crippen molar-refractivity contribution >= 4 is 0 Å². The zero-order valence-corrected chi connectivity index (χ0v) is 13.4. The summed E-state index contributed by atoms with van der Waals surface area (Å²) in [6.07, 6.45) is 13.8. The molecule has 4 fully saturated rings. The van der Waals surface area contributed by atoms with E-state index in [2.05, 4.69) is 13.8 Å². The molecule has 20 heavy (non-hydrogen) atoms. The van der Waals surface area contributed by atoms with Gasteiger partial charge in [-0.05, 0) is 92.3 Å². The van der Waals surface area contributed by atoms with Crippen LogP contribution in [0.5, 0.6) is 0 Å². The molecule has 0 aromatic heterocycles. The van der Waals surface area contributed by atoms with Crippen molar-refractivity contribution in [3.05, 3.63) is 0 Å². The third kappa shape index (κ3) is 1.77. The molecule has 0 heterocycles. The monoisotopic (exact) mass is 276 g/mol. The lowest BCUT2D eigenvalue weighted by molar-refractivity contribution is -0.120. The van der Waals surface area contributed by atoms with E-state index in [4.69, 9.17) is 0 Å². The van der Waals surface area contributed by atoms with Crippen LogP contribution in [0.1, 0.15) is 78.1 Å². The van der Waals surface area contributed by atoms with Gasteiger partial charge in [-0.2, -0.15) is 0 Å². The zero-order valence-electron chi connectivity index (χ0n) is 13.4. The molecule has 4 saturated carbocycles. The van der Waals surface area contributed by atoms with Crippen LogP contribution in [0.2, 0.25) is 0 Å². The summed E-state index contributed by atoms with van der Waals surface area (Å²) in [6.45, 7) is 5.19. The Morgan fingerprint density at radius 1 is 0.850 bits per heavy atom. The Kier molecular flexibility index (Phi) is 3.05. The van der Waals surface area contributed by atoms with Gasteiger partial charge in [-0.25, -0.2) is 0 Å². The van der Waals surface area contributed by atoms with Crippen molar-refractivity contribution in [2.75, 3.05) is 0 Å². The van der Waals surface area contributed by atoms with E-state index in [1.807, 2.05) is 0 Å². The van der Waals surface area contributed by atoms with Crippen LogP contribution in [0.15, 0.2) is 0 Å². The Labute approximate surface area is 124 Å². The second-order valence-electron chi connectivity index (χ2n) is 9.17. The lowest BCUT2D eigenvalue weighted by Crippen LogP contribution is -2.53. The van der Waals surface area contributed by atoms with Gasteiger partial charge in [-0.1, -0.05) is 20.3 Å². The third-order valence-corrected chi connectivity index (χ3v) is 8.42. The molecule has 0 aliphatic heterocycles. The van der Waals surface area contributed by atoms with Crippen molar-refractivity contribution < 1.29 is 5.11 Å². The first-order valence-corrected chi connectivity index (χ1v) is 9.21. The highest BCUT2D eigenvalue weighted by molar-refractivity contribution is 5.07. The minimum atomic E-state index is 0.00459. The Bertz CT molecular complexity index is 391. The lowest BCUT2D eigenvalue weighted by Gasteiger charge is -2.60. The average molecular weight is 276 g/mol. The number of aliphatic hydroxyl groups excluding tert-OH is 1. The van der Waals surface area contributed by atoms with Crippen molar-refractivity contribution in [3.8, 4) is 0 Å². The Balaban J connectivity index is 1.62. The topological polar surface area (TPSA) is 20.2 Å². The summed E-state index contributed by atoms with van der Waals surface area (Å²) in [4.78, 5) is 0. The average Bonchev–Trinajstić information content (AvgIpc) is 2.81. The van der Waals surface area contributed by atoms with Gasteiger partial charge in [0.1, 0.15) is 0 Å². The van der Waals surface area contributed by atoms with Gasteiger partial charge in [0.15, 0.2) is 0 Å². The van der Waals surface area contributed by atoms with Gasteiger partial charge in [0.25, 0.3) is 0 Å². The molecule has 1 N–H and O–H groups in total. The van der Waals surface area contributed by atoms with E-state index in [1.165, 1.54) is 51.4 Å². The molecule has 0 radical (unpaired) electrons. The van der Waals surface area contributed by atoms with Crippen molar-refractivity contribution in [2.45, 2.75) is 84.2 Å². The molecule has 4 aliphatic carbocycles. The van der Waals surface area contributed by atoms with E-state index in [9.17, 15) is 5.11 Å². The summed E-state index contributed by atoms with van der Waals surface area (Å²) < 4.78 is 0. The molecule has 0 aromatic rings. The summed E-state index contributed by atoms with van der Waals surface area (Å²) in [6, 6.07) is 0. The van der Waals surface area contributed by atoms with Crippen LogP contribution in [0, 0.1) is 34.5 Å². The van der Waals surface area contributed by atoms with Crippen LogP contribution in [-0.4, -0.2) is 11.2 Å². The van der Waals surface area contributed by atoms with E-state index in [0.29, 0.717) is 10.8 Å². The maximum Gasteiger partial charge on any atom is 0.0543 e. The number of fused-ring (bicyclic) bond motifs is 5. The lowest BCUT2D eigenvalue weighted by atomic mass is 9.45. The minimum absolute atomic E-state index is 0.00459. The number of hydrogen-bond acceptors (Lipinski definition) is 1. The normalized spacial score (nSPS) is 58.6. The molecular formula is C19H32O. The summed E-state index contributed by atoms with van der Waals surface area (Å²) in [5, 5.41) is 10.0. The summed E-state index contributed by atoms with van der Waals surface area (Å²) in [5.74, 6) is 3.85. The molecule has 0 bridgehead atoms. The van der Waals surface area contributed by atoms with Gasteiger partial charge in [0.05, 0.1) is 6.10 Å². The molecule has 1 nitrogen and oxygen atoms in total. The molecule has 0 amide bonds. The number of hydrogen-bond donors (Lipinski definition) is 1. The van der Waals surface area contributed by atoms with Crippen LogP contribution < -0.4 is 0 Å². The SMILES string of the molecule is C[C@@]12CCC[C@H]1[C@@H]1CC[C@@H]3C[C@H](O)CC[C@]3(C)[C@@H]1CC2. The predicted octanol–water partition coefficient (Wildman–Crippen LogP) is 4.78. The number of aliphatic hydroxyl groups is 1. The highest BCUT2D eigenvalue weighted by atomic mass is 16.3. The van der Waals surface area contributed by atoms with Gasteiger partial charge < -0.3 is 5.11 Å². The highest BCUT2D eigenvalue weighted by Crippen LogP contribution is 2.66. The van der Waals surface area contributed by atoms with Gasteiger partial charge in [-0.15, -0.1) is 0 Å². The minimum Gasteiger partial charge on any atom is -0.393 e. The first-order chi connectivity index (χ1) is 9.53. The summed E-state index contributed by atoms with van der Waals surface area (Å²) in [7, 11) is 0. The molecule has 7 atom stereocenters. The first-order valence-electron chi connectivity index (χ1n) is 9.21. The fourth-order valence-corrected chi connectivity index (χ4v) is 7.23. The van der Waals surface area contributed by atoms with Crippen molar-refractivity contribution in [1.82, 2.24) is 0 Å². The maximum absolute atomic E-state index is 10.0. The Morgan fingerprint density at radius 3 is 2.55 bits per heavy atom. The van der Waals surface area contributed by atoms with E-state index in [0.717, 1.165) is 36.5 Å². The first kappa shape index (κ1) is 13.6.